The SMILES string of the molecule is COC(=O)CC(C)C=CC#N. The molecule has 0 aliphatic rings. The molecule has 60 valence electrons. The van der Waals surface area contributed by atoms with Crippen molar-refractivity contribution in [1.82, 2.24) is 0 Å². The molecule has 0 heterocycles. The van der Waals surface area contributed by atoms with Crippen LogP contribution < -0.4 is 0 Å². The van der Waals surface area contributed by atoms with Gasteiger partial charge in [-0.3, -0.25) is 4.79 Å². The Balaban J connectivity index is 3.70. The molecule has 1 atom stereocenters. The van der Waals surface area contributed by atoms with Crippen molar-refractivity contribution in [2.45, 2.75) is 13.3 Å². The Bertz CT molecular complexity index is 191. The number of methoxy groups -OCH3 is 1. The Labute approximate surface area is 66.3 Å². The van der Waals surface area contributed by atoms with Gasteiger partial charge in [0, 0.05) is 6.08 Å². The van der Waals surface area contributed by atoms with Gasteiger partial charge in [-0.1, -0.05) is 13.0 Å². The van der Waals surface area contributed by atoms with Crippen molar-refractivity contribution in [3.05, 3.63) is 12.2 Å². The number of esters is 1. The smallest absolute Gasteiger partial charge is 0.306 e. The molecule has 0 saturated carbocycles. The molecule has 0 aliphatic heterocycles. The highest BCUT2D eigenvalue weighted by Crippen LogP contribution is 2.03. The minimum atomic E-state index is -0.250. The van der Waals surface area contributed by atoms with Gasteiger partial charge in [-0.05, 0) is 5.92 Å². The van der Waals surface area contributed by atoms with Gasteiger partial charge in [0.05, 0.1) is 19.6 Å². The van der Waals surface area contributed by atoms with Gasteiger partial charge < -0.3 is 4.74 Å². The molecule has 0 spiro atoms. The van der Waals surface area contributed by atoms with Crippen molar-refractivity contribution in [3.8, 4) is 6.07 Å². The quantitative estimate of drug-likeness (QED) is 0.453. The summed E-state index contributed by atoms with van der Waals surface area (Å²) in [6, 6.07) is 1.86. The van der Waals surface area contributed by atoms with Gasteiger partial charge in [0.2, 0.25) is 0 Å². The average Bonchev–Trinajstić information content (AvgIpc) is 2.00. The number of ether oxygens (including phenoxy) is 1. The third kappa shape index (κ3) is 5.16. The van der Waals surface area contributed by atoms with E-state index in [1.807, 2.05) is 13.0 Å². The number of allylic oxidation sites excluding steroid dienone is 2. The lowest BCUT2D eigenvalue weighted by Gasteiger charge is -2.01. The average molecular weight is 153 g/mol. The number of carbonyl (C=O) groups excluding carboxylic acids is 1. The summed E-state index contributed by atoms with van der Waals surface area (Å²) in [5.74, 6) is -0.179. The molecule has 0 aliphatic carbocycles. The van der Waals surface area contributed by atoms with Crippen LogP contribution in [-0.4, -0.2) is 13.1 Å². The van der Waals surface area contributed by atoms with E-state index < -0.39 is 0 Å². The van der Waals surface area contributed by atoms with E-state index in [-0.39, 0.29) is 11.9 Å². The number of hydrogen-bond acceptors (Lipinski definition) is 3. The van der Waals surface area contributed by atoms with Crippen LogP contribution in [0.15, 0.2) is 12.2 Å². The maximum Gasteiger partial charge on any atom is 0.306 e. The van der Waals surface area contributed by atoms with Crippen LogP contribution >= 0.6 is 0 Å². The van der Waals surface area contributed by atoms with E-state index in [4.69, 9.17) is 5.26 Å². The zero-order valence-corrected chi connectivity index (χ0v) is 6.70. The zero-order chi connectivity index (χ0) is 8.69. The van der Waals surface area contributed by atoms with Crippen LogP contribution in [0, 0.1) is 17.2 Å². The number of carbonyl (C=O) groups is 1. The van der Waals surface area contributed by atoms with Crippen molar-refractivity contribution >= 4 is 5.97 Å². The molecule has 0 aromatic rings. The minimum Gasteiger partial charge on any atom is -0.469 e. The Kier molecular flexibility index (Phi) is 4.83. The monoisotopic (exact) mass is 153 g/mol. The molecule has 3 nitrogen and oxygen atoms in total. The van der Waals surface area contributed by atoms with Crippen LogP contribution in [0.2, 0.25) is 0 Å². The molecule has 0 aromatic carbocycles. The standard InChI is InChI=1S/C8H11NO2/c1-7(4-3-5-9)6-8(10)11-2/h3-4,7H,6H2,1-2H3. The van der Waals surface area contributed by atoms with Crippen LogP contribution in [-0.2, 0) is 9.53 Å². The number of nitrogens with zero attached hydrogens (tertiary/aromatic N) is 1. The summed E-state index contributed by atoms with van der Waals surface area (Å²) in [4.78, 5) is 10.6. The van der Waals surface area contributed by atoms with Gasteiger partial charge in [-0.25, -0.2) is 0 Å². The summed E-state index contributed by atoms with van der Waals surface area (Å²) in [6.07, 6.45) is 3.37. The number of nitriles is 1. The Hall–Kier alpha value is -1.30. The Morgan fingerprint density at radius 3 is 2.91 bits per heavy atom. The predicted octanol–water partition coefficient (Wildman–Crippen LogP) is 1.27. The third-order valence-corrected chi connectivity index (χ3v) is 1.22. The summed E-state index contributed by atoms with van der Waals surface area (Å²) in [5, 5.41) is 8.15. The van der Waals surface area contributed by atoms with Crippen molar-refractivity contribution in [3.63, 3.8) is 0 Å². The van der Waals surface area contributed by atoms with E-state index in [9.17, 15) is 4.79 Å². The molecular weight excluding hydrogens is 142 g/mol. The van der Waals surface area contributed by atoms with Gasteiger partial charge in [0.15, 0.2) is 0 Å². The molecule has 0 amide bonds. The molecule has 0 radical (unpaired) electrons. The van der Waals surface area contributed by atoms with Gasteiger partial charge in [-0.15, -0.1) is 0 Å². The van der Waals surface area contributed by atoms with Crippen molar-refractivity contribution in [1.29, 1.82) is 5.26 Å². The molecule has 11 heavy (non-hydrogen) atoms. The first-order chi connectivity index (χ1) is 5.20. The molecule has 0 aromatic heterocycles. The minimum absolute atomic E-state index is 0.0714. The summed E-state index contributed by atoms with van der Waals surface area (Å²) < 4.78 is 4.45. The summed E-state index contributed by atoms with van der Waals surface area (Å²) >= 11 is 0. The van der Waals surface area contributed by atoms with Gasteiger partial charge in [0.1, 0.15) is 0 Å². The molecule has 0 saturated heterocycles. The van der Waals surface area contributed by atoms with Gasteiger partial charge >= 0.3 is 5.97 Å². The molecule has 1 unspecified atom stereocenters. The van der Waals surface area contributed by atoms with E-state index in [2.05, 4.69) is 4.74 Å². The predicted molar refractivity (Wildman–Crippen MR) is 40.6 cm³/mol. The Morgan fingerprint density at radius 2 is 2.45 bits per heavy atom. The third-order valence-electron chi connectivity index (χ3n) is 1.22. The summed E-state index contributed by atoms with van der Waals surface area (Å²) in [5.41, 5.74) is 0. The van der Waals surface area contributed by atoms with Crippen molar-refractivity contribution < 1.29 is 9.53 Å². The molecule has 0 bridgehead atoms. The fourth-order valence-corrected chi connectivity index (χ4v) is 0.622. The first-order valence-electron chi connectivity index (χ1n) is 3.33. The van der Waals surface area contributed by atoms with E-state index in [1.54, 1.807) is 6.08 Å². The fourth-order valence-electron chi connectivity index (χ4n) is 0.622. The van der Waals surface area contributed by atoms with Crippen LogP contribution in [0.25, 0.3) is 0 Å². The highest BCUT2D eigenvalue weighted by Gasteiger charge is 2.04. The lowest BCUT2D eigenvalue weighted by Crippen LogP contribution is -2.04. The second-order valence-electron chi connectivity index (χ2n) is 2.25. The maximum atomic E-state index is 10.6. The molecule has 3 heteroatoms. The van der Waals surface area contributed by atoms with Crippen molar-refractivity contribution in [2.24, 2.45) is 5.92 Å². The summed E-state index contributed by atoms with van der Waals surface area (Å²) in [7, 11) is 1.35. The van der Waals surface area contributed by atoms with E-state index in [0.717, 1.165) is 0 Å². The van der Waals surface area contributed by atoms with Crippen LogP contribution in [0.1, 0.15) is 13.3 Å². The second-order valence-corrected chi connectivity index (χ2v) is 2.25. The van der Waals surface area contributed by atoms with Crippen molar-refractivity contribution in [2.75, 3.05) is 7.11 Å². The van der Waals surface area contributed by atoms with E-state index in [1.165, 1.54) is 13.2 Å². The van der Waals surface area contributed by atoms with E-state index >= 15 is 0 Å². The highest BCUT2D eigenvalue weighted by molar-refractivity contribution is 5.69. The van der Waals surface area contributed by atoms with Gasteiger partial charge in [0.25, 0.3) is 0 Å². The first kappa shape index (κ1) is 9.70. The fraction of sp³-hybridized carbons (Fsp3) is 0.500. The largest absolute Gasteiger partial charge is 0.469 e. The highest BCUT2D eigenvalue weighted by atomic mass is 16.5. The Morgan fingerprint density at radius 1 is 1.82 bits per heavy atom. The normalized spacial score (nSPS) is 12.5. The van der Waals surface area contributed by atoms with E-state index in [0.29, 0.717) is 6.42 Å². The zero-order valence-electron chi connectivity index (χ0n) is 6.70. The first-order valence-corrected chi connectivity index (χ1v) is 3.33. The lowest BCUT2D eigenvalue weighted by atomic mass is 10.1. The lowest BCUT2D eigenvalue weighted by molar-refractivity contribution is -0.141. The molecular formula is C8H11NO2. The summed E-state index contributed by atoms with van der Waals surface area (Å²) in [6.45, 7) is 1.85. The van der Waals surface area contributed by atoms with Crippen LogP contribution in [0.5, 0.6) is 0 Å². The second kappa shape index (κ2) is 5.48. The number of rotatable bonds is 3. The van der Waals surface area contributed by atoms with Crippen LogP contribution in [0.3, 0.4) is 0 Å². The van der Waals surface area contributed by atoms with Crippen LogP contribution in [0.4, 0.5) is 0 Å². The number of hydrogen-bond donors (Lipinski definition) is 0. The topological polar surface area (TPSA) is 50.1 Å². The molecule has 0 fully saturated rings. The van der Waals surface area contributed by atoms with Gasteiger partial charge in [-0.2, -0.15) is 5.26 Å². The maximum absolute atomic E-state index is 10.6. The molecule has 0 N–H and O–H groups in total. The molecule has 0 rings (SSSR count).